The number of carbonyl (C=O) groups excluding carboxylic acids is 1. The zero-order chi connectivity index (χ0) is 17.8. The van der Waals surface area contributed by atoms with Crippen LogP contribution in [0.25, 0.3) is 0 Å². The number of hydrogen-bond donors (Lipinski definition) is 1. The van der Waals surface area contributed by atoms with Crippen molar-refractivity contribution < 1.29 is 9.72 Å². The summed E-state index contributed by atoms with van der Waals surface area (Å²) in [5, 5.41) is 13.9. The molecule has 4 aliphatic carbocycles. The molecule has 0 heterocycles. The van der Waals surface area contributed by atoms with Gasteiger partial charge in [-0.3, -0.25) is 14.9 Å². The molecule has 1 N–H and O–H groups in total. The number of nitrogens with one attached hydrogen (secondary N) is 1. The Kier molecular flexibility index (Phi) is 3.94. The summed E-state index contributed by atoms with van der Waals surface area (Å²) < 4.78 is 0.235. The monoisotopic (exact) mass is 406 g/mol. The van der Waals surface area contributed by atoms with Gasteiger partial charge in [-0.1, -0.05) is 22.0 Å². The van der Waals surface area contributed by atoms with Gasteiger partial charge < -0.3 is 5.32 Å². The Labute approximate surface area is 155 Å². The fourth-order valence-corrected chi connectivity index (χ4v) is 7.45. The van der Waals surface area contributed by atoms with E-state index in [1.54, 1.807) is 6.07 Å². The maximum atomic E-state index is 12.7. The van der Waals surface area contributed by atoms with Gasteiger partial charge in [0.15, 0.2) is 0 Å². The predicted molar refractivity (Wildman–Crippen MR) is 99.9 cm³/mol. The zero-order valence-electron chi connectivity index (χ0n) is 14.4. The SMILES string of the molecule is Cc1ccc([N+](=O)[O-])cc1NC(=O)CC12CC3CC(CC(Br)(C3)C1)C2. The van der Waals surface area contributed by atoms with Crippen molar-refractivity contribution >= 4 is 33.2 Å². The molecule has 0 aromatic heterocycles. The summed E-state index contributed by atoms with van der Waals surface area (Å²) in [6.07, 6.45) is 7.72. The number of halogens is 1. The van der Waals surface area contributed by atoms with Crippen molar-refractivity contribution in [2.24, 2.45) is 17.3 Å². The molecule has 1 aromatic rings. The highest BCUT2D eigenvalue weighted by Gasteiger charge is 2.57. The summed E-state index contributed by atoms with van der Waals surface area (Å²) in [4.78, 5) is 23.3. The van der Waals surface area contributed by atoms with E-state index in [9.17, 15) is 14.9 Å². The molecule has 134 valence electrons. The summed E-state index contributed by atoms with van der Waals surface area (Å²) in [5.74, 6) is 1.47. The fraction of sp³-hybridized carbons (Fsp3) is 0.632. The third-order valence-electron chi connectivity index (χ3n) is 6.35. The Morgan fingerprint density at radius 2 is 2.00 bits per heavy atom. The van der Waals surface area contributed by atoms with Crippen molar-refractivity contribution in [3.63, 3.8) is 0 Å². The summed E-state index contributed by atoms with van der Waals surface area (Å²) in [7, 11) is 0. The molecule has 2 unspecified atom stereocenters. The molecule has 5 rings (SSSR count). The van der Waals surface area contributed by atoms with Crippen molar-refractivity contribution in [1.29, 1.82) is 0 Å². The number of aryl methyl sites for hydroxylation is 1. The smallest absolute Gasteiger partial charge is 0.271 e. The molecule has 0 spiro atoms. The minimum Gasteiger partial charge on any atom is -0.326 e. The molecule has 6 heteroatoms. The van der Waals surface area contributed by atoms with Gasteiger partial charge in [-0.2, -0.15) is 0 Å². The largest absolute Gasteiger partial charge is 0.326 e. The standard InChI is InChI=1S/C19H23BrN2O3/c1-12-2-3-15(22(24)25)5-16(12)21-17(23)10-18-6-13-4-14(7-18)9-19(20,8-13)11-18/h2-3,5,13-14H,4,6-11H2,1H3,(H,21,23). The number of non-ortho nitro benzene ring substituents is 1. The average molecular weight is 407 g/mol. The fourth-order valence-electron chi connectivity index (χ4n) is 5.94. The van der Waals surface area contributed by atoms with Crippen molar-refractivity contribution in [3.8, 4) is 0 Å². The van der Waals surface area contributed by atoms with Gasteiger partial charge in [0.2, 0.25) is 5.91 Å². The van der Waals surface area contributed by atoms with Crippen LogP contribution in [0.5, 0.6) is 0 Å². The molecule has 1 aromatic carbocycles. The van der Waals surface area contributed by atoms with Crippen LogP contribution in [0.3, 0.4) is 0 Å². The molecule has 0 radical (unpaired) electrons. The first kappa shape index (κ1) is 17.0. The lowest BCUT2D eigenvalue weighted by molar-refractivity contribution is -0.384. The quantitative estimate of drug-likeness (QED) is 0.435. The Morgan fingerprint density at radius 3 is 2.60 bits per heavy atom. The molecule has 4 aliphatic rings. The molecule has 25 heavy (non-hydrogen) atoms. The predicted octanol–water partition coefficient (Wildman–Crippen LogP) is 4.97. The second-order valence-corrected chi connectivity index (χ2v) is 10.3. The maximum Gasteiger partial charge on any atom is 0.271 e. The second kappa shape index (κ2) is 5.79. The number of nitro groups is 1. The van der Waals surface area contributed by atoms with E-state index >= 15 is 0 Å². The highest BCUT2D eigenvalue weighted by Crippen LogP contribution is 2.65. The summed E-state index contributed by atoms with van der Waals surface area (Å²) >= 11 is 3.98. The maximum absolute atomic E-state index is 12.7. The van der Waals surface area contributed by atoms with Gasteiger partial charge in [0.05, 0.1) is 10.6 Å². The van der Waals surface area contributed by atoms with Crippen LogP contribution in [-0.2, 0) is 4.79 Å². The molecule has 0 aliphatic heterocycles. The Balaban J connectivity index is 1.50. The number of nitrogens with zero attached hydrogens (tertiary/aromatic N) is 1. The number of benzene rings is 1. The second-order valence-electron chi connectivity index (χ2n) is 8.59. The van der Waals surface area contributed by atoms with Gasteiger partial charge >= 0.3 is 0 Å². The van der Waals surface area contributed by atoms with Crippen LogP contribution in [-0.4, -0.2) is 15.2 Å². The lowest BCUT2D eigenvalue weighted by Crippen LogP contribution is -2.53. The molecule has 2 atom stereocenters. The zero-order valence-corrected chi connectivity index (χ0v) is 16.0. The lowest BCUT2D eigenvalue weighted by atomic mass is 9.48. The molecule has 5 nitrogen and oxygen atoms in total. The minimum absolute atomic E-state index is 0.00937. The lowest BCUT2D eigenvalue weighted by Gasteiger charge is -2.60. The number of carbonyl (C=O) groups is 1. The number of amides is 1. The van der Waals surface area contributed by atoms with E-state index < -0.39 is 4.92 Å². The Morgan fingerprint density at radius 1 is 1.32 bits per heavy atom. The first-order valence-corrected chi connectivity index (χ1v) is 9.79. The third-order valence-corrected chi connectivity index (χ3v) is 7.28. The van der Waals surface area contributed by atoms with Crippen LogP contribution in [0.4, 0.5) is 11.4 Å². The summed E-state index contributed by atoms with van der Waals surface area (Å²) in [6, 6.07) is 4.61. The average Bonchev–Trinajstić information content (AvgIpc) is 2.45. The first-order valence-electron chi connectivity index (χ1n) is 9.00. The van der Waals surface area contributed by atoms with E-state index in [2.05, 4.69) is 21.2 Å². The number of alkyl halides is 1. The van der Waals surface area contributed by atoms with Gasteiger partial charge in [-0.25, -0.2) is 0 Å². The highest BCUT2D eigenvalue weighted by molar-refractivity contribution is 9.10. The molecular weight excluding hydrogens is 384 g/mol. The summed E-state index contributed by atoms with van der Waals surface area (Å²) in [5.41, 5.74) is 1.51. The van der Waals surface area contributed by atoms with E-state index in [0.29, 0.717) is 12.1 Å². The van der Waals surface area contributed by atoms with Crippen LogP contribution in [0.1, 0.15) is 50.5 Å². The molecule has 4 bridgehead atoms. The van der Waals surface area contributed by atoms with E-state index in [4.69, 9.17) is 0 Å². The third kappa shape index (κ3) is 3.21. The van der Waals surface area contributed by atoms with Crippen LogP contribution in [0.2, 0.25) is 0 Å². The van der Waals surface area contributed by atoms with E-state index in [0.717, 1.165) is 36.7 Å². The molecular formula is C19H23BrN2O3. The van der Waals surface area contributed by atoms with Crippen LogP contribution in [0, 0.1) is 34.3 Å². The van der Waals surface area contributed by atoms with Gasteiger partial charge in [-0.15, -0.1) is 0 Å². The van der Waals surface area contributed by atoms with E-state index in [1.807, 2.05) is 6.92 Å². The van der Waals surface area contributed by atoms with Gasteiger partial charge in [0.25, 0.3) is 5.69 Å². The normalized spacial score (nSPS) is 35.6. The highest BCUT2D eigenvalue weighted by atomic mass is 79.9. The van der Waals surface area contributed by atoms with Gasteiger partial charge in [-0.05, 0) is 68.3 Å². The molecule has 0 saturated heterocycles. The van der Waals surface area contributed by atoms with E-state index in [-0.39, 0.29) is 21.3 Å². The topological polar surface area (TPSA) is 72.2 Å². The number of anilines is 1. The van der Waals surface area contributed by atoms with Crippen molar-refractivity contribution in [1.82, 2.24) is 0 Å². The van der Waals surface area contributed by atoms with Crippen molar-refractivity contribution in [2.75, 3.05) is 5.32 Å². The van der Waals surface area contributed by atoms with Crippen LogP contribution in [0.15, 0.2) is 18.2 Å². The Bertz CT molecular complexity index is 734. The van der Waals surface area contributed by atoms with Crippen LogP contribution < -0.4 is 5.32 Å². The number of hydrogen-bond acceptors (Lipinski definition) is 3. The number of nitro benzene ring substituents is 1. The summed E-state index contributed by atoms with van der Waals surface area (Å²) in [6.45, 7) is 1.86. The van der Waals surface area contributed by atoms with Gasteiger partial charge in [0, 0.05) is 22.9 Å². The minimum atomic E-state index is -0.428. The molecule has 4 saturated carbocycles. The first-order chi connectivity index (χ1) is 11.8. The van der Waals surface area contributed by atoms with E-state index in [1.165, 1.54) is 31.4 Å². The van der Waals surface area contributed by atoms with Crippen molar-refractivity contribution in [2.45, 2.75) is 56.2 Å². The number of rotatable bonds is 4. The Hall–Kier alpha value is -1.43. The van der Waals surface area contributed by atoms with Crippen molar-refractivity contribution in [3.05, 3.63) is 33.9 Å². The molecule has 4 fully saturated rings. The van der Waals surface area contributed by atoms with Crippen LogP contribution >= 0.6 is 15.9 Å². The molecule has 1 amide bonds. The van der Waals surface area contributed by atoms with Gasteiger partial charge in [0.1, 0.15) is 0 Å².